The quantitative estimate of drug-likeness (QED) is 0.717. The molecule has 124 valence electrons. The van der Waals surface area contributed by atoms with Gasteiger partial charge in [-0.15, -0.1) is 10.2 Å². The van der Waals surface area contributed by atoms with Crippen molar-refractivity contribution in [3.8, 4) is 0 Å². The maximum absolute atomic E-state index is 12.2. The molecule has 0 radical (unpaired) electrons. The molecule has 3 heterocycles. The summed E-state index contributed by atoms with van der Waals surface area (Å²) in [6, 6.07) is 5.53. The molecule has 24 heavy (non-hydrogen) atoms. The Balaban J connectivity index is 1.52. The Bertz CT molecular complexity index is 909. The molecule has 0 aliphatic carbocycles. The van der Waals surface area contributed by atoms with Crippen LogP contribution in [0.5, 0.6) is 0 Å². The van der Waals surface area contributed by atoms with Gasteiger partial charge in [-0.05, 0) is 18.2 Å². The van der Waals surface area contributed by atoms with Gasteiger partial charge < -0.3 is 14.6 Å². The van der Waals surface area contributed by atoms with Crippen LogP contribution in [0.1, 0.15) is 0 Å². The van der Waals surface area contributed by atoms with Gasteiger partial charge in [0.2, 0.25) is 11.1 Å². The molecule has 3 aromatic rings. The van der Waals surface area contributed by atoms with Crippen molar-refractivity contribution in [2.45, 2.75) is 5.16 Å². The van der Waals surface area contributed by atoms with Crippen LogP contribution in [0.15, 0.2) is 23.4 Å². The van der Waals surface area contributed by atoms with E-state index in [-0.39, 0.29) is 5.91 Å². The average molecular weight is 364 g/mol. The lowest BCUT2D eigenvalue weighted by molar-refractivity contribution is -0.132. The van der Waals surface area contributed by atoms with E-state index in [9.17, 15) is 4.79 Å². The predicted octanol–water partition coefficient (Wildman–Crippen LogP) is 2.11. The van der Waals surface area contributed by atoms with Gasteiger partial charge in [-0.25, -0.2) is 4.98 Å². The number of hydrogen-bond donors (Lipinski definition) is 1. The lowest BCUT2D eigenvalue weighted by atomic mass is 10.2. The van der Waals surface area contributed by atoms with E-state index in [0.29, 0.717) is 53.4 Å². The summed E-state index contributed by atoms with van der Waals surface area (Å²) in [6.45, 7) is 2.47. The number of aromatic nitrogens is 4. The molecule has 1 aliphatic heterocycles. The minimum atomic E-state index is 0.0652. The number of rotatable bonds is 3. The normalized spacial score (nSPS) is 15.3. The summed E-state index contributed by atoms with van der Waals surface area (Å²) < 4.78 is 5.25. The van der Waals surface area contributed by atoms with Gasteiger partial charge in [-0.3, -0.25) is 4.79 Å². The van der Waals surface area contributed by atoms with Crippen LogP contribution in [-0.4, -0.2) is 63.0 Å². The molecule has 1 amide bonds. The molecule has 0 unspecified atom stereocenters. The topological polar surface area (TPSA) is 84.0 Å². The number of aromatic amines is 1. The Labute approximate surface area is 146 Å². The zero-order chi connectivity index (χ0) is 16.5. The monoisotopic (exact) mass is 363 g/mol. The Hall–Kier alpha value is -1.90. The summed E-state index contributed by atoms with van der Waals surface area (Å²) in [5, 5.41) is 10.4. The van der Waals surface area contributed by atoms with Gasteiger partial charge in [0.05, 0.1) is 19.0 Å². The van der Waals surface area contributed by atoms with Crippen LogP contribution >= 0.6 is 23.4 Å². The lowest BCUT2D eigenvalue weighted by Gasteiger charge is -2.26. The lowest BCUT2D eigenvalue weighted by Crippen LogP contribution is -2.41. The van der Waals surface area contributed by atoms with E-state index >= 15 is 0 Å². The summed E-state index contributed by atoms with van der Waals surface area (Å²) in [7, 11) is 0. The second kappa shape index (κ2) is 6.54. The number of fused-ring (bicyclic) bond motifs is 3. The number of morpholine rings is 1. The highest BCUT2D eigenvalue weighted by Crippen LogP contribution is 2.26. The van der Waals surface area contributed by atoms with Crippen LogP contribution in [0, 0.1) is 0 Å². The third-order valence-electron chi connectivity index (χ3n) is 3.85. The van der Waals surface area contributed by atoms with Gasteiger partial charge >= 0.3 is 0 Å². The smallest absolute Gasteiger partial charge is 0.233 e. The molecule has 0 bridgehead atoms. The van der Waals surface area contributed by atoms with Crippen molar-refractivity contribution < 1.29 is 9.53 Å². The molecule has 7 nitrogen and oxygen atoms in total. The molecule has 1 fully saturated rings. The van der Waals surface area contributed by atoms with Gasteiger partial charge in [0.1, 0.15) is 5.52 Å². The number of thioether (sulfide) groups is 1. The zero-order valence-corrected chi connectivity index (χ0v) is 14.2. The second-order valence-electron chi connectivity index (χ2n) is 5.39. The van der Waals surface area contributed by atoms with E-state index in [1.807, 2.05) is 18.2 Å². The van der Waals surface area contributed by atoms with Crippen molar-refractivity contribution in [1.82, 2.24) is 25.1 Å². The minimum absolute atomic E-state index is 0.0652. The molecule has 1 N–H and O–H groups in total. The molecule has 9 heteroatoms. The highest BCUT2D eigenvalue weighted by Gasteiger charge is 2.18. The number of ether oxygens (including phenoxy) is 1. The first-order valence-corrected chi connectivity index (χ1v) is 8.87. The van der Waals surface area contributed by atoms with Crippen LogP contribution in [0.25, 0.3) is 22.1 Å². The Morgan fingerprint density at radius 3 is 3.00 bits per heavy atom. The maximum Gasteiger partial charge on any atom is 0.233 e. The summed E-state index contributed by atoms with van der Waals surface area (Å²) in [5.41, 5.74) is 2.22. The Morgan fingerprint density at radius 1 is 1.33 bits per heavy atom. The van der Waals surface area contributed by atoms with Crippen LogP contribution in [0.2, 0.25) is 5.02 Å². The van der Waals surface area contributed by atoms with Crippen molar-refractivity contribution >= 4 is 51.3 Å². The fourth-order valence-corrected chi connectivity index (χ4v) is 3.48. The van der Waals surface area contributed by atoms with Crippen LogP contribution < -0.4 is 0 Å². The SMILES string of the molecule is O=C(CSc1nnc2c(n1)[nH]c1ccc(Cl)cc12)N1CCOCC1. The van der Waals surface area contributed by atoms with E-state index < -0.39 is 0 Å². The number of hydrogen-bond acceptors (Lipinski definition) is 6. The Morgan fingerprint density at radius 2 is 2.17 bits per heavy atom. The first-order valence-electron chi connectivity index (χ1n) is 7.51. The van der Waals surface area contributed by atoms with Crippen molar-refractivity contribution in [3.05, 3.63) is 23.2 Å². The highest BCUT2D eigenvalue weighted by molar-refractivity contribution is 7.99. The van der Waals surface area contributed by atoms with E-state index in [4.69, 9.17) is 16.3 Å². The number of carbonyl (C=O) groups excluding carboxylic acids is 1. The summed E-state index contributed by atoms with van der Waals surface area (Å²) >= 11 is 7.32. The predicted molar refractivity (Wildman–Crippen MR) is 92.3 cm³/mol. The molecule has 2 aromatic heterocycles. The molecule has 1 saturated heterocycles. The van der Waals surface area contributed by atoms with Crippen molar-refractivity contribution in [3.63, 3.8) is 0 Å². The molecular formula is C15H14ClN5O2S. The number of amides is 1. The standard InChI is InChI=1S/C15H14ClN5O2S/c16-9-1-2-11-10(7-9)13-14(17-11)18-15(20-19-13)24-8-12(22)21-3-5-23-6-4-21/h1-2,7H,3-6,8H2,(H,17,18,20). The number of nitrogens with one attached hydrogen (secondary N) is 1. The minimum Gasteiger partial charge on any atom is -0.378 e. The molecular weight excluding hydrogens is 350 g/mol. The van der Waals surface area contributed by atoms with E-state index in [1.165, 1.54) is 11.8 Å². The zero-order valence-electron chi connectivity index (χ0n) is 12.7. The second-order valence-corrected chi connectivity index (χ2v) is 6.77. The fraction of sp³-hybridized carbons (Fsp3) is 0.333. The Kier molecular flexibility index (Phi) is 4.26. The molecule has 1 aliphatic rings. The first kappa shape index (κ1) is 15.6. The van der Waals surface area contributed by atoms with Crippen LogP contribution in [-0.2, 0) is 9.53 Å². The van der Waals surface area contributed by atoms with Gasteiger partial charge in [0.25, 0.3) is 0 Å². The summed E-state index contributed by atoms with van der Waals surface area (Å²) in [5.74, 6) is 0.356. The van der Waals surface area contributed by atoms with Crippen molar-refractivity contribution in [2.24, 2.45) is 0 Å². The molecule has 0 saturated carbocycles. The van der Waals surface area contributed by atoms with Crippen LogP contribution in [0.4, 0.5) is 0 Å². The first-order chi connectivity index (χ1) is 11.7. The third kappa shape index (κ3) is 3.04. The average Bonchev–Trinajstić information content (AvgIpc) is 2.97. The van der Waals surface area contributed by atoms with Gasteiger partial charge in [0, 0.05) is 29.0 Å². The molecule has 1 aromatic carbocycles. The number of benzene rings is 1. The molecule has 4 rings (SSSR count). The molecule has 0 spiro atoms. The van der Waals surface area contributed by atoms with Crippen molar-refractivity contribution in [1.29, 1.82) is 0 Å². The number of H-pyrrole nitrogens is 1. The van der Waals surface area contributed by atoms with Gasteiger partial charge in [-0.1, -0.05) is 23.4 Å². The van der Waals surface area contributed by atoms with E-state index in [2.05, 4.69) is 20.2 Å². The number of halogens is 1. The number of nitrogens with zero attached hydrogens (tertiary/aromatic N) is 4. The van der Waals surface area contributed by atoms with Gasteiger partial charge in [0.15, 0.2) is 5.65 Å². The van der Waals surface area contributed by atoms with Gasteiger partial charge in [-0.2, -0.15) is 0 Å². The van der Waals surface area contributed by atoms with Crippen molar-refractivity contribution in [2.75, 3.05) is 32.1 Å². The van der Waals surface area contributed by atoms with Crippen LogP contribution in [0.3, 0.4) is 0 Å². The van der Waals surface area contributed by atoms with E-state index in [1.54, 1.807) is 4.90 Å². The number of carbonyl (C=O) groups is 1. The summed E-state index contributed by atoms with van der Waals surface area (Å²) in [6.07, 6.45) is 0. The fourth-order valence-electron chi connectivity index (χ4n) is 2.62. The maximum atomic E-state index is 12.2. The third-order valence-corrected chi connectivity index (χ3v) is 4.90. The highest BCUT2D eigenvalue weighted by atomic mass is 35.5. The van der Waals surface area contributed by atoms with E-state index in [0.717, 1.165) is 10.9 Å². The largest absolute Gasteiger partial charge is 0.378 e. The molecule has 0 atom stereocenters. The summed E-state index contributed by atoms with van der Waals surface area (Å²) in [4.78, 5) is 21.6.